The maximum Gasteiger partial charge on any atom is 0.330 e. The number of ether oxygens (including phenoxy) is 4. The third-order valence-corrected chi connectivity index (χ3v) is 6.27. The van der Waals surface area contributed by atoms with Gasteiger partial charge >= 0.3 is 11.9 Å². The molecule has 0 amide bonds. The van der Waals surface area contributed by atoms with Gasteiger partial charge in [0.25, 0.3) is 0 Å². The monoisotopic (exact) mass is 427 g/mol. The molecule has 1 aromatic carbocycles. The van der Waals surface area contributed by atoms with Crippen molar-refractivity contribution in [2.75, 3.05) is 28.4 Å². The fourth-order valence-corrected chi connectivity index (χ4v) is 4.94. The summed E-state index contributed by atoms with van der Waals surface area (Å²) in [6, 6.07) is 2.84. The molecule has 1 aliphatic carbocycles. The van der Waals surface area contributed by atoms with E-state index in [1.165, 1.54) is 46.6 Å². The van der Waals surface area contributed by atoms with Crippen molar-refractivity contribution in [3.63, 3.8) is 0 Å². The zero-order valence-electron chi connectivity index (χ0n) is 16.8. The van der Waals surface area contributed by atoms with E-state index in [1.807, 2.05) is 0 Å². The molecule has 29 heavy (non-hydrogen) atoms. The minimum Gasteiger partial charge on any atom is -0.493 e. The van der Waals surface area contributed by atoms with Crippen molar-refractivity contribution in [1.29, 1.82) is 0 Å². The first-order valence-electron chi connectivity index (χ1n) is 8.87. The van der Waals surface area contributed by atoms with Crippen molar-refractivity contribution in [1.82, 2.24) is 4.72 Å². The molecular weight excluding hydrogens is 402 g/mol. The number of carbonyl (C=O) groups is 2. The van der Waals surface area contributed by atoms with Gasteiger partial charge in [0.05, 0.1) is 28.4 Å². The fraction of sp³-hybridized carbons (Fsp3) is 0.474. The second-order valence-corrected chi connectivity index (χ2v) is 8.15. The summed E-state index contributed by atoms with van der Waals surface area (Å²) in [5, 5.41) is 0. The van der Waals surface area contributed by atoms with Crippen molar-refractivity contribution >= 4 is 28.0 Å². The Morgan fingerprint density at radius 2 is 1.69 bits per heavy atom. The van der Waals surface area contributed by atoms with Crippen molar-refractivity contribution in [3.05, 3.63) is 23.8 Å². The van der Waals surface area contributed by atoms with Crippen LogP contribution in [0.3, 0.4) is 0 Å². The first-order chi connectivity index (χ1) is 13.7. The lowest BCUT2D eigenvalue weighted by Crippen LogP contribution is -2.53. The van der Waals surface area contributed by atoms with E-state index in [-0.39, 0.29) is 16.4 Å². The SMILES string of the molecule is COC(=O)/C=C/c1cc(OC)c(OC)c(S(=O)(=O)NC2(C(=O)OC)CCCC2)c1. The molecule has 1 N–H and O–H groups in total. The van der Waals surface area contributed by atoms with E-state index >= 15 is 0 Å². The third kappa shape index (κ3) is 4.88. The molecule has 1 fully saturated rings. The maximum absolute atomic E-state index is 13.2. The number of benzene rings is 1. The Labute approximate surface area is 170 Å². The molecule has 1 saturated carbocycles. The summed E-state index contributed by atoms with van der Waals surface area (Å²) in [6.07, 6.45) is 4.59. The fourth-order valence-electron chi connectivity index (χ4n) is 3.31. The van der Waals surface area contributed by atoms with Crippen molar-refractivity contribution in [2.45, 2.75) is 36.1 Å². The minimum atomic E-state index is -4.21. The van der Waals surface area contributed by atoms with Crippen LogP contribution < -0.4 is 14.2 Å². The van der Waals surface area contributed by atoms with Crippen LogP contribution in [0.25, 0.3) is 6.08 Å². The highest BCUT2D eigenvalue weighted by Crippen LogP contribution is 2.38. The molecule has 0 atom stereocenters. The summed E-state index contributed by atoms with van der Waals surface area (Å²) < 4.78 is 48.9. The number of carbonyl (C=O) groups excluding carboxylic acids is 2. The Balaban J connectivity index is 2.56. The van der Waals surface area contributed by atoms with Crippen molar-refractivity contribution in [3.8, 4) is 11.5 Å². The zero-order chi connectivity index (χ0) is 21.7. The third-order valence-electron chi connectivity index (χ3n) is 4.73. The molecule has 0 spiro atoms. The van der Waals surface area contributed by atoms with Crippen LogP contribution in [0, 0.1) is 0 Å². The molecule has 9 nitrogen and oxygen atoms in total. The standard InChI is InChI=1S/C19H25NO8S/c1-25-14-11-13(7-8-16(21)26-2)12-15(17(14)27-3)29(23,24)20-19(18(22)28-4)9-5-6-10-19/h7-8,11-12,20H,5-6,9-10H2,1-4H3/b8-7+. The summed E-state index contributed by atoms with van der Waals surface area (Å²) >= 11 is 0. The van der Waals surface area contributed by atoms with Gasteiger partial charge in [0, 0.05) is 6.08 Å². The average molecular weight is 427 g/mol. The number of sulfonamides is 1. The smallest absolute Gasteiger partial charge is 0.330 e. The van der Waals surface area contributed by atoms with E-state index in [2.05, 4.69) is 9.46 Å². The molecule has 2 rings (SSSR count). The topological polar surface area (TPSA) is 117 Å². The van der Waals surface area contributed by atoms with Crippen LogP contribution in [0.15, 0.2) is 23.1 Å². The average Bonchev–Trinajstić information content (AvgIpc) is 3.19. The normalized spacial score (nSPS) is 15.9. The van der Waals surface area contributed by atoms with Gasteiger partial charge in [-0.15, -0.1) is 0 Å². The van der Waals surface area contributed by atoms with E-state index in [9.17, 15) is 18.0 Å². The van der Waals surface area contributed by atoms with Crippen LogP contribution in [0.5, 0.6) is 11.5 Å². The van der Waals surface area contributed by atoms with Gasteiger partial charge in [-0.3, -0.25) is 4.79 Å². The molecule has 1 aromatic rings. The molecule has 0 aliphatic heterocycles. The van der Waals surface area contributed by atoms with Gasteiger partial charge in [-0.2, -0.15) is 4.72 Å². The molecular formula is C19H25NO8S. The van der Waals surface area contributed by atoms with E-state index < -0.39 is 27.5 Å². The lowest BCUT2D eigenvalue weighted by Gasteiger charge is -2.27. The van der Waals surface area contributed by atoms with Crippen LogP contribution in [-0.2, 0) is 29.1 Å². The number of hydrogen-bond donors (Lipinski definition) is 1. The largest absolute Gasteiger partial charge is 0.493 e. The number of hydrogen-bond acceptors (Lipinski definition) is 8. The number of methoxy groups -OCH3 is 4. The van der Waals surface area contributed by atoms with Gasteiger partial charge in [-0.25, -0.2) is 13.2 Å². The Hall–Kier alpha value is -2.59. The minimum absolute atomic E-state index is 0.0202. The van der Waals surface area contributed by atoms with Crippen LogP contribution >= 0.6 is 0 Å². The summed E-state index contributed by atoms with van der Waals surface area (Å²) in [6.45, 7) is 0. The molecule has 0 aromatic heterocycles. The summed E-state index contributed by atoms with van der Waals surface area (Å²) in [7, 11) is 0.922. The van der Waals surface area contributed by atoms with E-state index in [0.29, 0.717) is 31.2 Å². The molecule has 0 saturated heterocycles. The second kappa shape index (κ2) is 9.27. The van der Waals surface area contributed by atoms with Gasteiger partial charge in [-0.05, 0) is 36.6 Å². The first kappa shape index (κ1) is 22.7. The van der Waals surface area contributed by atoms with E-state index in [4.69, 9.17) is 14.2 Å². The molecule has 0 unspecified atom stereocenters. The predicted octanol–water partition coefficient (Wildman–Crippen LogP) is 1.65. The second-order valence-electron chi connectivity index (χ2n) is 6.50. The van der Waals surface area contributed by atoms with Gasteiger partial charge in [-0.1, -0.05) is 12.8 Å². The van der Waals surface area contributed by atoms with Crippen molar-refractivity contribution < 1.29 is 37.0 Å². The lowest BCUT2D eigenvalue weighted by molar-refractivity contribution is -0.147. The first-order valence-corrected chi connectivity index (χ1v) is 10.4. The Kier molecular flexibility index (Phi) is 7.26. The van der Waals surface area contributed by atoms with Gasteiger partial charge in [0.15, 0.2) is 11.5 Å². The summed E-state index contributed by atoms with van der Waals surface area (Å²) in [4.78, 5) is 23.5. The Morgan fingerprint density at radius 3 is 2.21 bits per heavy atom. The summed E-state index contributed by atoms with van der Waals surface area (Å²) in [5.74, 6) is -1.10. The van der Waals surface area contributed by atoms with Crippen molar-refractivity contribution in [2.24, 2.45) is 0 Å². The highest BCUT2D eigenvalue weighted by Gasteiger charge is 2.46. The molecule has 1 aliphatic rings. The highest BCUT2D eigenvalue weighted by atomic mass is 32.2. The quantitative estimate of drug-likeness (QED) is 0.492. The molecule has 0 bridgehead atoms. The molecule has 10 heteroatoms. The van der Waals surface area contributed by atoms with Crippen LogP contribution in [0.2, 0.25) is 0 Å². The number of nitrogens with one attached hydrogen (secondary N) is 1. The predicted molar refractivity (Wildman–Crippen MR) is 104 cm³/mol. The lowest BCUT2D eigenvalue weighted by atomic mass is 10.00. The number of esters is 2. The Bertz CT molecular complexity index is 901. The summed E-state index contributed by atoms with van der Waals surface area (Å²) in [5.41, 5.74) is -0.962. The number of rotatable bonds is 8. The van der Waals surface area contributed by atoms with E-state index in [0.717, 1.165) is 6.08 Å². The van der Waals surface area contributed by atoms with Crippen LogP contribution in [0.1, 0.15) is 31.2 Å². The molecule has 0 radical (unpaired) electrons. The van der Waals surface area contributed by atoms with E-state index in [1.54, 1.807) is 0 Å². The van der Waals surface area contributed by atoms with Crippen LogP contribution in [0.4, 0.5) is 0 Å². The zero-order valence-corrected chi connectivity index (χ0v) is 17.6. The maximum atomic E-state index is 13.2. The van der Waals surface area contributed by atoms with Gasteiger partial charge in [0.1, 0.15) is 10.4 Å². The van der Waals surface area contributed by atoms with Crippen LogP contribution in [-0.4, -0.2) is 54.3 Å². The van der Waals surface area contributed by atoms with Gasteiger partial charge < -0.3 is 18.9 Å². The molecule has 0 heterocycles. The highest BCUT2D eigenvalue weighted by molar-refractivity contribution is 7.89. The van der Waals surface area contributed by atoms with Gasteiger partial charge in [0.2, 0.25) is 10.0 Å². The Morgan fingerprint density at radius 1 is 1.03 bits per heavy atom. The molecule has 160 valence electrons.